The molecule has 3 atom stereocenters. The molecule has 228 valence electrons. The first-order valence-corrected chi connectivity index (χ1v) is 15.0. The summed E-state index contributed by atoms with van der Waals surface area (Å²) >= 11 is 1.17. The van der Waals surface area contributed by atoms with Crippen molar-refractivity contribution in [1.82, 2.24) is 20.7 Å². The SMILES string of the molecule is CC.CC.CC.COc1cnc(C(F)F)cc1C1=C(CN=C(N)SC(N)C#CC2CC2)N=CC(C2C=CN(C)N2)N1. The fraction of sp³-hybridized carbons (Fsp3) is 0.552. The number of hydrogen-bond acceptors (Lipinski definition) is 9. The van der Waals surface area contributed by atoms with Crippen LogP contribution in [0.5, 0.6) is 5.75 Å². The molecule has 1 aromatic rings. The van der Waals surface area contributed by atoms with Crippen molar-refractivity contribution in [2.45, 2.75) is 78.3 Å². The van der Waals surface area contributed by atoms with Gasteiger partial charge in [0.25, 0.3) is 6.43 Å². The number of nitrogens with two attached hydrogens (primary N) is 2. The highest BCUT2D eigenvalue weighted by atomic mass is 32.2. The first kappa shape index (κ1) is 35.9. The Morgan fingerprint density at radius 1 is 1.22 bits per heavy atom. The van der Waals surface area contributed by atoms with Crippen LogP contribution in [-0.2, 0) is 0 Å². The third kappa shape index (κ3) is 11.3. The van der Waals surface area contributed by atoms with Crippen LogP contribution >= 0.6 is 11.8 Å². The lowest BCUT2D eigenvalue weighted by atomic mass is 10.0. The summed E-state index contributed by atoms with van der Waals surface area (Å²) in [5.74, 6) is 6.88. The maximum atomic E-state index is 13.4. The second-order valence-electron chi connectivity index (χ2n) is 8.24. The smallest absolute Gasteiger partial charge is 0.280 e. The summed E-state index contributed by atoms with van der Waals surface area (Å²) in [6.45, 7) is 12.1. The van der Waals surface area contributed by atoms with E-state index in [1.54, 1.807) is 6.21 Å². The molecule has 6 N–H and O–H groups in total. The van der Waals surface area contributed by atoms with Crippen molar-refractivity contribution in [3.05, 3.63) is 41.5 Å². The Morgan fingerprint density at radius 2 is 1.90 bits per heavy atom. The van der Waals surface area contributed by atoms with Gasteiger partial charge in [-0.2, -0.15) is 0 Å². The van der Waals surface area contributed by atoms with Gasteiger partial charge in [-0.1, -0.05) is 65.1 Å². The van der Waals surface area contributed by atoms with Gasteiger partial charge < -0.3 is 26.5 Å². The zero-order valence-electron chi connectivity index (χ0n) is 25.4. The number of ether oxygens (including phenoxy) is 1. The average Bonchev–Trinajstić information content (AvgIpc) is 3.75. The highest BCUT2D eigenvalue weighted by Crippen LogP contribution is 2.32. The van der Waals surface area contributed by atoms with Crippen molar-refractivity contribution in [3.63, 3.8) is 0 Å². The number of methoxy groups -OCH3 is 1. The maximum absolute atomic E-state index is 13.4. The van der Waals surface area contributed by atoms with Crippen LogP contribution in [0.1, 0.15) is 72.1 Å². The van der Waals surface area contributed by atoms with Crippen LogP contribution in [0, 0.1) is 17.8 Å². The topological polar surface area (TPSA) is 126 Å². The van der Waals surface area contributed by atoms with Gasteiger partial charge in [0, 0.05) is 30.9 Å². The fourth-order valence-electron chi connectivity index (χ4n) is 3.51. The molecule has 41 heavy (non-hydrogen) atoms. The summed E-state index contributed by atoms with van der Waals surface area (Å²) in [5, 5.41) is 5.02. The molecular weight excluding hydrogens is 546 g/mol. The van der Waals surface area contributed by atoms with E-state index >= 15 is 0 Å². The van der Waals surface area contributed by atoms with Crippen molar-refractivity contribution >= 4 is 28.8 Å². The van der Waals surface area contributed by atoms with Crippen LogP contribution in [0.4, 0.5) is 8.78 Å². The number of nitrogens with zero attached hydrogens (tertiary/aromatic N) is 4. The lowest BCUT2D eigenvalue weighted by Gasteiger charge is -2.29. The molecule has 0 saturated heterocycles. The first-order chi connectivity index (χ1) is 19.8. The molecule has 1 aliphatic carbocycles. The van der Waals surface area contributed by atoms with E-state index in [0.29, 0.717) is 28.6 Å². The van der Waals surface area contributed by atoms with Crippen LogP contribution in [0.15, 0.2) is 40.2 Å². The van der Waals surface area contributed by atoms with Gasteiger partial charge in [0.15, 0.2) is 5.17 Å². The zero-order chi connectivity index (χ0) is 30.9. The predicted molar refractivity (Wildman–Crippen MR) is 169 cm³/mol. The summed E-state index contributed by atoms with van der Waals surface area (Å²) in [7, 11) is 3.34. The highest BCUT2D eigenvalue weighted by Gasteiger charge is 2.28. The van der Waals surface area contributed by atoms with Crippen molar-refractivity contribution in [2.24, 2.45) is 27.4 Å². The summed E-state index contributed by atoms with van der Waals surface area (Å²) in [5.41, 5.74) is 16.4. The van der Waals surface area contributed by atoms with Crippen LogP contribution in [0.2, 0.25) is 0 Å². The standard InChI is InChI=1S/C23H28F2N8OS.3C2H6/c1-33-8-7-15(32-33)17-10-28-18(11-30-23(27)35-20(26)6-5-13-3-4-13)21(31-17)14-9-16(22(24)25)29-12-19(14)34-2;3*1-2/h7-10,12-13,15,17,20,22,31-32H,3-4,11,26H2,1-2H3,(H2,27,30);3*1-2H3. The molecule has 0 spiro atoms. The van der Waals surface area contributed by atoms with Crippen molar-refractivity contribution in [2.75, 3.05) is 20.7 Å². The van der Waals surface area contributed by atoms with Gasteiger partial charge in [-0.15, -0.1) is 0 Å². The van der Waals surface area contributed by atoms with Gasteiger partial charge in [-0.25, -0.2) is 14.2 Å². The number of halogens is 2. The van der Waals surface area contributed by atoms with Crippen LogP contribution < -0.4 is 26.9 Å². The molecule has 3 heterocycles. The molecule has 0 aromatic carbocycles. The molecule has 0 bridgehead atoms. The number of thioether (sulfide) groups is 1. The third-order valence-electron chi connectivity index (χ3n) is 5.49. The Kier molecular flexibility index (Phi) is 16.7. The van der Waals surface area contributed by atoms with Crippen LogP contribution in [0.3, 0.4) is 0 Å². The van der Waals surface area contributed by atoms with Gasteiger partial charge in [-0.3, -0.25) is 15.0 Å². The Balaban J connectivity index is 0.00000131. The fourth-order valence-corrected chi connectivity index (χ4v) is 4.04. The van der Waals surface area contributed by atoms with E-state index in [-0.39, 0.29) is 29.5 Å². The number of hydrazine groups is 1. The molecule has 4 rings (SSSR count). The van der Waals surface area contributed by atoms with E-state index < -0.39 is 11.8 Å². The summed E-state index contributed by atoms with van der Waals surface area (Å²) in [6, 6.07) is 0.971. The Morgan fingerprint density at radius 3 is 2.46 bits per heavy atom. The monoisotopic (exact) mass is 592 g/mol. The molecule has 0 amide bonds. The second-order valence-corrected chi connectivity index (χ2v) is 9.41. The molecule has 9 nitrogen and oxygen atoms in total. The number of alkyl halides is 2. The average molecular weight is 593 g/mol. The summed E-state index contributed by atoms with van der Waals surface area (Å²) < 4.78 is 32.3. The van der Waals surface area contributed by atoms with E-state index in [4.69, 9.17) is 16.2 Å². The molecular formula is C29H46F2N8OS. The molecule has 0 radical (unpaired) electrons. The summed E-state index contributed by atoms with van der Waals surface area (Å²) in [6.07, 6.45) is 6.42. The third-order valence-corrected chi connectivity index (χ3v) is 6.23. The Bertz CT molecular complexity index is 1130. The normalized spacial score (nSPS) is 19.9. The quantitative estimate of drug-likeness (QED) is 0.153. The van der Waals surface area contributed by atoms with Crippen molar-refractivity contribution in [1.29, 1.82) is 0 Å². The number of hydrogen-bond donors (Lipinski definition) is 4. The maximum Gasteiger partial charge on any atom is 0.280 e. The van der Waals surface area contributed by atoms with Gasteiger partial charge in [0.05, 0.1) is 43.3 Å². The number of amidine groups is 1. The number of nitrogens with one attached hydrogen (secondary N) is 2. The number of aliphatic imine (C=N–C) groups is 2. The van der Waals surface area contributed by atoms with E-state index in [2.05, 4.69) is 37.6 Å². The van der Waals surface area contributed by atoms with Crippen molar-refractivity contribution < 1.29 is 13.5 Å². The Labute approximate surface area is 248 Å². The number of rotatable bonds is 7. The van der Waals surface area contributed by atoms with Crippen LogP contribution in [0.25, 0.3) is 5.70 Å². The molecule has 3 unspecified atom stereocenters. The van der Waals surface area contributed by atoms with E-state index in [1.807, 2.05) is 65.9 Å². The minimum Gasteiger partial charge on any atom is -0.494 e. The van der Waals surface area contributed by atoms with Crippen molar-refractivity contribution in [3.8, 4) is 17.6 Å². The predicted octanol–water partition coefficient (Wildman–Crippen LogP) is 4.90. The second kappa shape index (κ2) is 19.1. The lowest BCUT2D eigenvalue weighted by molar-refractivity contribution is 0.146. The molecule has 2 aliphatic heterocycles. The Hall–Kier alpha value is -3.14. The summed E-state index contributed by atoms with van der Waals surface area (Å²) in [4.78, 5) is 12.8. The molecule has 1 fully saturated rings. The van der Waals surface area contributed by atoms with Gasteiger partial charge in [0.1, 0.15) is 16.8 Å². The lowest BCUT2D eigenvalue weighted by Crippen LogP contribution is -2.49. The van der Waals surface area contributed by atoms with E-state index in [9.17, 15) is 8.78 Å². The van der Waals surface area contributed by atoms with Crippen LogP contribution in [-0.4, -0.2) is 59.5 Å². The van der Waals surface area contributed by atoms with Gasteiger partial charge in [0.2, 0.25) is 0 Å². The van der Waals surface area contributed by atoms with E-state index in [1.165, 1.54) is 31.1 Å². The number of aromatic nitrogens is 1. The number of pyridine rings is 1. The van der Waals surface area contributed by atoms with Gasteiger partial charge in [-0.05, 0) is 25.0 Å². The zero-order valence-corrected chi connectivity index (χ0v) is 26.2. The molecule has 3 aliphatic rings. The van der Waals surface area contributed by atoms with E-state index in [0.717, 1.165) is 12.8 Å². The highest BCUT2D eigenvalue weighted by molar-refractivity contribution is 8.14. The molecule has 1 saturated carbocycles. The molecule has 12 heteroatoms. The minimum absolute atomic E-state index is 0.0881. The first-order valence-electron chi connectivity index (χ1n) is 14.1. The minimum atomic E-state index is -2.73. The van der Waals surface area contributed by atoms with Gasteiger partial charge >= 0.3 is 0 Å². The largest absolute Gasteiger partial charge is 0.494 e. The molecule has 1 aromatic heterocycles.